The molecule has 0 spiro atoms. The lowest BCUT2D eigenvalue weighted by molar-refractivity contribution is -0.862. The number of hydrogen-bond donors (Lipinski definition) is 2. The van der Waals surface area contributed by atoms with Crippen LogP contribution in [0.5, 0.6) is 0 Å². The number of nitrogens with zero attached hydrogens (tertiary/aromatic N) is 2. The Morgan fingerprint density at radius 2 is 1.73 bits per heavy atom. The molecular formula is C23H30FN4O2+. The van der Waals surface area contributed by atoms with E-state index < -0.39 is 5.82 Å². The minimum absolute atomic E-state index is 0.0478. The van der Waals surface area contributed by atoms with E-state index in [-0.39, 0.29) is 24.9 Å². The first kappa shape index (κ1) is 21.8. The van der Waals surface area contributed by atoms with Crippen LogP contribution in [0.1, 0.15) is 11.1 Å². The van der Waals surface area contributed by atoms with Crippen molar-refractivity contribution < 1.29 is 18.9 Å². The molecule has 0 aliphatic carbocycles. The van der Waals surface area contributed by atoms with Gasteiger partial charge < -0.3 is 20.0 Å². The Morgan fingerprint density at radius 3 is 2.43 bits per heavy atom. The molecule has 6 nitrogen and oxygen atoms in total. The number of anilines is 2. The molecule has 1 atom stereocenters. The van der Waals surface area contributed by atoms with Crippen LogP contribution in [0.3, 0.4) is 0 Å². The molecular weight excluding hydrogens is 383 g/mol. The van der Waals surface area contributed by atoms with Crippen molar-refractivity contribution in [1.29, 1.82) is 0 Å². The number of amides is 2. The van der Waals surface area contributed by atoms with E-state index in [0.29, 0.717) is 18.8 Å². The number of rotatable bonds is 6. The average Bonchev–Trinajstić information content (AvgIpc) is 2.70. The van der Waals surface area contributed by atoms with Crippen molar-refractivity contribution in [2.24, 2.45) is 0 Å². The number of likely N-dealkylation sites (N-methyl/N-ethyl adjacent to an activating group) is 1. The van der Waals surface area contributed by atoms with Gasteiger partial charge in [-0.15, -0.1) is 0 Å². The summed E-state index contributed by atoms with van der Waals surface area (Å²) in [6, 6.07) is 12.1. The van der Waals surface area contributed by atoms with Gasteiger partial charge in [0.2, 0.25) is 0 Å². The van der Waals surface area contributed by atoms with E-state index in [1.54, 1.807) is 12.1 Å². The van der Waals surface area contributed by atoms with E-state index in [1.165, 1.54) is 28.9 Å². The highest BCUT2D eigenvalue weighted by Gasteiger charge is 2.25. The summed E-state index contributed by atoms with van der Waals surface area (Å²) in [5.41, 5.74) is 4.21. The van der Waals surface area contributed by atoms with Crippen molar-refractivity contribution in [2.45, 2.75) is 13.8 Å². The molecule has 2 aromatic rings. The summed E-state index contributed by atoms with van der Waals surface area (Å²) in [6.45, 7) is 7.59. The van der Waals surface area contributed by atoms with Crippen LogP contribution in [0.15, 0.2) is 42.5 Å². The summed E-state index contributed by atoms with van der Waals surface area (Å²) < 4.78 is 13.2. The number of carbonyl (C=O) groups excluding carboxylic acids is 2. The lowest BCUT2D eigenvalue weighted by Crippen LogP contribution is -3.11. The lowest BCUT2D eigenvalue weighted by atomic mass is 10.1. The zero-order valence-corrected chi connectivity index (χ0v) is 17.9. The van der Waals surface area contributed by atoms with Gasteiger partial charge in [0.05, 0.1) is 7.05 Å². The number of hydrogen-bond acceptors (Lipinski definition) is 3. The first-order chi connectivity index (χ1) is 14.3. The van der Waals surface area contributed by atoms with Gasteiger partial charge in [0, 0.05) is 37.6 Å². The van der Waals surface area contributed by atoms with Crippen molar-refractivity contribution in [1.82, 2.24) is 4.90 Å². The lowest BCUT2D eigenvalue weighted by Gasteiger charge is -2.37. The Labute approximate surface area is 177 Å². The van der Waals surface area contributed by atoms with Crippen LogP contribution in [-0.2, 0) is 9.59 Å². The van der Waals surface area contributed by atoms with Gasteiger partial charge in [-0.3, -0.25) is 9.59 Å². The van der Waals surface area contributed by atoms with Gasteiger partial charge in [0.15, 0.2) is 13.1 Å². The van der Waals surface area contributed by atoms with Crippen LogP contribution in [0, 0.1) is 19.7 Å². The molecule has 3 rings (SSSR count). The van der Waals surface area contributed by atoms with Crippen molar-refractivity contribution in [3.05, 3.63) is 59.4 Å². The maximum atomic E-state index is 13.2. The molecule has 2 amide bonds. The second-order valence-electron chi connectivity index (χ2n) is 7.96. The third-order valence-electron chi connectivity index (χ3n) is 5.57. The Kier molecular flexibility index (Phi) is 7.05. The Hall–Kier alpha value is -2.93. The molecule has 0 aromatic heterocycles. The van der Waals surface area contributed by atoms with Gasteiger partial charge in [-0.25, -0.2) is 4.39 Å². The summed E-state index contributed by atoms with van der Waals surface area (Å²) in [5.74, 6) is -0.596. The van der Waals surface area contributed by atoms with Gasteiger partial charge >= 0.3 is 0 Å². The van der Waals surface area contributed by atoms with Gasteiger partial charge in [-0.1, -0.05) is 18.2 Å². The molecule has 0 radical (unpaired) electrons. The summed E-state index contributed by atoms with van der Waals surface area (Å²) in [4.78, 5) is 29.8. The van der Waals surface area contributed by atoms with Crippen molar-refractivity contribution in [3.8, 4) is 0 Å². The smallest absolute Gasteiger partial charge is 0.279 e. The van der Waals surface area contributed by atoms with Crippen LogP contribution in [0.4, 0.5) is 15.8 Å². The number of nitrogens with one attached hydrogen (secondary N) is 2. The summed E-state index contributed by atoms with van der Waals surface area (Å²) >= 11 is 0. The topological polar surface area (TPSA) is 57.1 Å². The summed E-state index contributed by atoms with van der Waals surface area (Å²) in [7, 11) is 1.81. The second-order valence-corrected chi connectivity index (χ2v) is 7.96. The highest BCUT2D eigenvalue weighted by Crippen LogP contribution is 2.23. The maximum absolute atomic E-state index is 13.2. The third kappa shape index (κ3) is 5.57. The highest BCUT2D eigenvalue weighted by atomic mass is 19.1. The molecule has 1 aliphatic rings. The van der Waals surface area contributed by atoms with Crippen molar-refractivity contribution >= 4 is 23.2 Å². The third-order valence-corrected chi connectivity index (χ3v) is 5.57. The predicted molar refractivity (Wildman–Crippen MR) is 116 cm³/mol. The molecule has 2 aromatic carbocycles. The largest absolute Gasteiger partial charge is 0.368 e. The number of carbonyl (C=O) groups is 2. The standard InChI is InChI=1S/C23H29FN4O2/c1-17-6-4-9-21(18(17)2)27-10-12-28(13-11-27)23(30)16-26(3)15-22(29)25-20-8-5-7-19(24)14-20/h4-9,14H,10-13,15-16H2,1-3H3,(H,25,29)/p+1. The quantitative estimate of drug-likeness (QED) is 0.749. The van der Waals surface area contributed by atoms with E-state index in [2.05, 4.69) is 42.3 Å². The van der Waals surface area contributed by atoms with Gasteiger partial charge in [-0.2, -0.15) is 0 Å². The Morgan fingerprint density at radius 1 is 1.03 bits per heavy atom. The molecule has 0 bridgehead atoms. The molecule has 1 saturated heterocycles. The van der Waals surface area contributed by atoms with Crippen LogP contribution in [0.25, 0.3) is 0 Å². The Balaban J connectivity index is 1.46. The van der Waals surface area contributed by atoms with Gasteiger partial charge in [0.25, 0.3) is 11.8 Å². The highest BCUT2D eigenvalue weighted by molar-refractivity contribution is 5.91. The molecule has 7 heteroatoms. The van der Waals surface area contributed by atoms with E-state index in [4.69, 9.17) is 0 Å². The first-order valence-corrected chi connectivity index (χ1v) is 10.3. The van der Waals surface area contributed by atoms with Crippen LogP contribution >= 0.6 is 0 Å². The van der Waals surface area contributed by atoms with E-state index in [1.807, 2.05) is 11.9 Å². The molecule has 160 valence electrons. The zero-order chi connectivity index (χ0) is 21.7. The number of aryl methyl sites for hydroxylation is 1. The molecule has 1 unspecified atom stereocenters. The SMILES string of the molecule is Cc1cccc(N2CCN(C(=O)C[NH+](C)CC(=O)Nc3cccc(F)c3)CC2)c1C. The van der Waals surface area contributed by atoms with Crippen LogP contribution in [-0.4, -0.2) is 63.0 Å². The van der Waals surface area contributed by atoms with E-state index >= 15 is 0 Å². The fourth-order valence-corrected chi connectivity index (χ4v) is 3.75. The molecule has 2 N–H and O–H groups in total. The average molecular weight is 414 g/mol. The summed E-state index contributed by atoms with van der Waals surface area (Å²) in [6.07, 6.45) is 0. The maximum Gasteiger partial charge on any atom is 0.279 e. The molecule has 30 heavy (non-hydrogen) atoms. The number of halogens is 1. The fourth-order valence-electron chi connectivity index (χ4n) is 3.75. The number of piperazine rings is 1. The first-order valence-electron chi connectivity index (χ1n) is 10.3. The van der Waals surface area contributed by atoms with E-state index in [0.717, 1.165) is 18.0 Å². The van der Waals surface area contributed by atoms with E-state index in [9.17, 15) is 14.0 Å². The number of benzene rings is 2. The predicted octanol–water partition coefficient (Wildman–Crippen LogP) is 1.24. The molecule has 1 aliphatic heterocycles. The fraction of sp³-hybridized carbons (Fsp3) is 0.391. The van der Waals surface area contributed by atoms with Crippen molar-refractivity contribution in [3.63, 3.8) is 0 Å². The number of quaternary nitrogens is 1. The minimum atomic E-state index is -0.399. The zero-order valence-electron chi connectivity index (χ0n) is 17.9. The second kappa shape index (κ2) is 9.71. The van der Waals surface area contributed by atoms with Gasteiger partial charge in [0.1, 0.15) is 5.82 Å². The van der Waals surface area contributed by atoms with Crippen LogP contribution < -0.4 is 15.1 Å². The Bertz CT molecular complexity index is 910. The van der Waals surface area contributed by atoms with Crippen molar-refractivity contribution in [2.75, 3.05) is 56.5 Å². The molecule has 1 fully saturated rings. The summed E-state index contributed by atoms with van der Waals surface area (Å²) in [5, 5.41) is 2.67. The molecule has 1 heterocycles. The molecule has 0 saturated carbocycles. The monoisotopic (exact) mass is 413 g/mol. The van der Waals surface area contributed by atoms with Crippen LogP contribution in [0.2, 0.25) is 0 Å². The normalized spacial score (nSPS) is 15.1. The minimum Gasteiger partial charge on any atom is -0.368 e. The van der Waals surface area contributed by atoms with Gasteiger partial charge in [-0.05, 0) is 49.2 Å².